The van der Waals surface area contributed by atoms with Gasteiger partial charge in [-0.15, -0.1) is 0 Å². The number of rotatable bonds is 42. The van der Waals surface area contributed by atoms with E-state index in [2.05, 4.69) is 0 Å². The Balaban J connectivity index is 1.26. The highest BCUT2D eigenvalue weighted by atomic mass is 16.7. The zero-order chi connectivity index (χ0) is 46.0. The number of esters is 2. The molecule has 9 atom stereocenters. The molecular weight excluding hydrogens is 825 g/mol. The molecule has 0 bridgehead atoms. The lowest BCUT2D eigenvalue weighted by atomic mass is 9.99. The van der Waals surface area contributed by atoms with E-state index in [0.717, 1.165) is 89.0 Å². The predicted molar refractivity (Wildman–Crippen MR) is 245 cm³/mol. The summed E-state index contributed by atoms with van der Waals surface area (Å²) in [5, 5.41) is 0. The molecule has 0 amide bonds. The number of hydrogen-bond donors (Lipinski definition) is 0. The minimum Gasteiger partial charge on any atom is -0.469 e. The Bertz CT molecular complexity index is 1200. The third kappa shape index (κ3) is 24.3. The molecule has 3 rings (SSSR count). The van der Waals surface area contributed by atoms with Gasteiger partial charge in [0.05, 0.1) is 55.9 Å². The van der Waals surface area contributed by atoms with E-state index >= 15 is 0 Å². The van der Waals surface area contributed by atoms with Gasteiger partial charge in [0.15, 0.2) is 0 Å². The summed E-state index contributed by atoms with van der Waals surface area (Å²) in [5.41, 5.74) is 0.720. The Labute approximate surface area is 387 Å². The molecule has 0 aliphatic carbocycles. The second-order valence-corrected chi connectivity index (χ2v) is 18.1. The fraction of sp³-hybridized carbons (Fsp3) is 0.920. The molecule has 3 aliphatic rings. The van der Waals surface area contributed by atoms with Gasteiger partial charge in [0.2, 0.25) is 0 Å². The Hall–Kier alpha value is -1.72. The van der Waals surface area contributed by atoms with Crippen LogP contribution in [0.5, 0.6) is 0 Å². The third-order valence-corrected chi connectivity index (χ3v) is 12.9. The molecule has 64 heavy (non-hydrogen) atoms. The summed E-state index contributed by atoms with van der Waals surface area (Å²) in [5.74, 6) is -0.416. The molecule has 0 spiro atoms. The van der Waals surface area contributed by atoms with E-state index in [1.807, 2.05) is 13.0 Å². The highest BCUT2D eigenvalue weighted by Gasteiger charge is 2.42. The van der Waals surface area contributed by atoms with Crippen molar-refractivity contribution in [3.05, 3.63) is 11.6 Å². The van der Waals surface area contributed by atoms with E-state index in [0.29, 0.717) is 19.3 Å². The Kier molecular flexibility index (Phi) is 32.1. The van der Waals surface area contributed by atoms with E-state index in [9.17, 15) is 9.59 Å². The number of carbonyl (C=O) groups excluding carboxylic acids is 2. The molecule has 3 aliphatic heterocycles. The van der Waals surface area contributed by atoms with E-state index in [1.54, 1.807) is 28.4 Å². The molecule has 0 aromatic carbocycles. The smallest absolute Gasteiger partial charge is 0.334 e. The summed E-state index contributed by atoms with van der Waals surface area (Å²) in [6, 6.07) is 0. The van der Waals surface area contributed by atoms with Crippen molar-refractivity contribution in [2.24, 2.45) is 0 Å². The van der Waals surface area contributed by atoms with E-state index in [1.165, 1.54) is 77.7 Å². The highest BCUT2D eigenvalue weighted by Crippen LogP contribution is 2.36. The first kappa shape index (κ1) is 56.6. The summed E-state index contributed by atoms with van der Waals surface area (Å²) < 4.78 is 68.3. The number of methoxy groups -OCH3 is 5. The Morgan fingerprint density at radius 1 is 0.547 bits per heavy atom. The maximum Gasteiger partial charge on any atom is 0.334 e. The first-order valence-electron chi connectivity index (χ1n) is 25.0. The van der Waals surface area contributed by atoms with Gasteiger partial charge in [-0.1, -0.05) is 103 Å². The van der Waals surface area contributed by atoms with Crippen LogP contribution < -0.4 is 0 Å². The van der Waals surface area contributed by atoms with Crippen LogP contribution in [0.25, 0.3) is 0 Å². The first-order valence-corrected chi connectivity index (χ1v) is 25.0. The van der Waals surface area contributed by atoms with E-state index < -0.39 is 0 Å². The standard InChI is InChI=1S/C50H90O14/c1-39-33-40(50(52)62-39)34-42(59-36-54-3)24-20-16-12-8-10-14-18-22-26-44(61-38-56-5)46-29-31-48(64-46)47-30-28-45(63-47)43(60-37-55-4)25-21-17-13-9-7-11-15-19-23-41(58-35-53-2)27-32-49(51)57-6/h33,39,41-48H,7-32,34-38H2,1-6H3/t39-,41+,42+,43+,44+,45+,46+,47+,48+/m0/s1. The number of carbonyl (C=O) groups is 2. The largest absolute Gasteiger partial charge is 0.469 e. The van der Waals surface area contributed by atoms with Gasteiger partial charge in [-0.2, -0.15) is 0 Å². The predicted octanol–water partition coefficient (Wildman–Crippen LogP) is 10.1. The van der Waals surface area contributed by atoms with Crippen LogP contribution in [0.4, 0.5) is 0 Å². The molecule has 374 valence electrons. The lowest BCUT2D eigenvalue weighted by Crippen LogP contribution is -2.35. The average Bonchev–Trinajstić information content (AvgIpc) is 4.06. The van der Waals surface area contributed by atoms with Crippen molar-refractivity contribution in [2.45, 2.75) is 235 Å². The first-order chi connectivity index (χ1) is 31.3. The van der Waals surface area contributed by atoms with Crippen molar-refractivity contribution in [3.63, 3.8) is 0 Å². The molecule has 2 saturated heterocycles. The highest BCUT2D eigenvalue weighted by molar-refractivity contribution is 5.90. The monoisotopic (exact) mass is 915 g/mol. The van der Waals surface area contributed by atoms with Gasteiger partial charge in [0.1, 0.15) is 33.3 Å². The van der Waals surface area contributed by atoms with Crippen molar-refractivity contribution < 1.29 is 66.4 Å². The lowest BCUT2D eigenvalue weighted by molar-refractivity contribution is -0.158. The Morgan fingerprint density at radius 3 is 1.38 bits per heavy atom. The normalized spacial score (nSPS) is 23.0. The molecule has 0 radical (unpaired) electrons. The van der Waals surface area contributed by atoms with Gasteiger partial charge < -0.3 is 56.8 Å². The van der Waals surface area contributed by atoms with Gasteiger partial charge in [-0.25, -0.2) is 4.79 Å². The summed E-state index contributed by atoms with van der Waals surface area (Å²) in [6.07, 6.45) is 30.3. The van der Waals surface area contributed by atoms with E-state index in [-0.39, 0.29) is 94.0 Å². The number of cyclic esters (lactones) is 1. The summed E-state index contributed by atoms with van der Waals surface area (Å²) in [6.45, 7) is 2.93. The fourth-order valence-corrected chi connectivity index (χ4v) is 9.38. The maximum atomic E-state index is 12.1. The van der Waals surface area contributed by atoms with Crippen LogP contribution in [0.15, 0.2) is 11.6 Å². The topological polar surface area (TPSA) is 145 Å². The molecule has 14 nitrogen and oxygen atoms in total. The maximum absolute atomic E-state index is 12.1. The summed E-state index contributed by atoms with van der Waals surface area (Å²) in [4.78, 5) is 23.6. The molecular formula is C50H90O14. The summed E-state index contributed by atoms with van der Waals surface area (Å²) in [7, 11) is 8.02. The molecule has 14 heteroatoms. The zero-order valence-electron chi connectivity index (χ0n) is 40.9. The van der Waals surface area contributed by atoms with Gasteiger partial charge in [0.25, 0.3) is 0 Å². The van der Waals surface area contributed by atoms with Crippen molar-refractivity contribution in [3.8, 4) is 0 Å². The van der Waals surface area contributed by atoms with Crippen molar-refractivity contribution in [2.75, 3.05) is 62.7 Å². The molecule has 0 saturated carbocycles. The number of hydrogen-bond acceptors (Lipinski definition) is 14. The SMILES string of the molecule is COCO[C@H](CCCCCCCCCC[C@@H](OCOC)[C@H]1CC[C@H]([C@H]2CC[C@H]([C@@H](CCCCCCCCCC[C@H](CC3=C[C@H](C)OC3=O)OCOC)OCOC)O2)O1)CCC(=O)OC. The third-order valence-electron chi connectivity index (χ3n) is 12.9. The van der Waals surface area contributed by atoms with Gasteiger partial charge in [-0.05, 0) is 70.8 Å². The van der Waals surface area contributed by atoms with E-state index in [4.69, 9.17) is 56.8 Å². The van der Waals surface area contributed by atoms with Crippen molar-refractivity contribution >= 4 is 11.9 Å². The minimum absolute atomic E-state index is 0.0237. The van der Waals surface area contributed by atoms with Crippen LogP contribution in [0.2, 0.25) is 0 Å². The fourth-order valence-electron chi connectivity index (χ4n) is 9.38. The van der Waals surface area contributed by atoms with Crippen LogP contribution in [0.3, 0.4) is 0 Å². The molecule has 0 N–H and O–H groups in total. The van der Waals surface area contributed by atoms with Crippen LogP contribution in [0.1, 0.15) is 180 Å². The van der Waals surface area contributed by atoms with Crippen LogP contribution in [-0.4, -0.2) is 130 Å². The second-order valence-electron chi connectivity index (χ2n) is 18.1. The van der Waals surface area contributed by atoms with Crippen LogP contribution >= 0.6 is 0 Å². The van der Waals surface area contributed by atoms with Gasteiger partial charge in [0, 0.05) is 46.9 Å². The number of ether oxygens (including phenoxy) is 12. The van der Waals surface area contributed by atoms with Crippen molar-refractivity contribution in [1.29, 1.82) is 0 Å². The second kappa shape index (κ2) is 36.3. The minimum atomic E-state index is -0.221. The quantitative estimate of drug-likeness (QED) is 0.0325. The molecule has 0 aromatic heterocycles. The van der Waals surface area contributed by atoms with Crippen LogP contribution in [-0.2, 0) is 66.4 Å². The van der Waals surface area contributed by atoms with Crippen LogP contribution in [0, 0.1) is 0 Å². The van der Waals surface area contributed by atoms with Gasteiger partial charge in [-0.3, -0.25) is 4.79 Å². The summed E-state index contributed by atoms with van der Waals surface area (Å²) >= 11 is 0. The molecule has 3 heterocycles. The molecule has 2 fully saturated rings. The van der Waals surface area contributed by atoms with Crippen molar-refractivity contribution in [1.82, 2.24) is 0 Å². The lowest BCUT2D eigenvalue weighted by Gasteiger charge is -2.27. The molecule has 0 unspecified atom stereocenters. The average molecular weight is 915 g/mol. The Morgan fingerprint density at radius 2 is 0.953 bits per heavy atom. The zero-order valence-corrected chi connectivity index (χ0v) is 40.9. The van der Waals surface area contributed by atoms with Gasteiger partial charge >= 0.3 is 11.9 Å². The molecule has 0 aromatic rings. The number of unbranched alkanes of at least 4 members (excludes halogenated alkanes) is 14.